The molecule has 21 heavy (non-hydrogen) atoms. The molecule has 0 aromatic carbocycles. The maximum atomic E-state index is 12.4. The van der Waals surface area contributed by atoms with E-state index in [1.54, 1.807) is 6.92 Å². The summed E-state index contributed by atoms with van der Waals surface area (Å²) in [6.45, 7) is 1.81. The van der Waals surface area contributed by atoms with E-state index in [2.05, 4.69) is 25.7 Å². The lowest BCUT2D eigenvalue weighted by atomic mass is 10.1. The minimum absolute atomic E-state index is 0.0319. The molecule has 0 aliphatic carbocycles. The van der Waals surface area contributed by atoms with Crippen LogP contribution in [0.5, 0.6) is 11.8 Å². The summed E-state index contributed by atoms with van der Waals surface area (Å²) in [5, 5.41) is 0.0319. The highest BCUT2D eigenvalue weighted by atomic mass is 79.9. The Kier molecular flexibility index (Phi) is 6.25. The average molecular weight is 372 g/mol. The third-order valence-electron chi connectivity index (χ3n) is 2.35. The third-order valence-corrected chi connectivity index (χ3v) is 2.91. The summed E-state index contributed by atoms with van der Waals surface area (Å²) in [7, 11) is 1.25. The van der Waals surface area contributed by atoms with Gasteiger partial charge < -0.3 is 14.2 Å². The molecule has 0 aliphatic rings. The van der Waals surface area contributed by atoms with Crippen molar-refractivity contribution in [3.63, 3.8) is 0 Å². The van der Waals surface area contributed by atoms with Crippen molar-refractivity contribution < 1.29 is 32.2 Å². The van der Waals surface area contributed by atoms with Gasteiger partial charge in [0.05, 0.1) is 20.1 Å². The highest BCUT2D eigenvalue weighted by Gasteiger charge is 2.34. The van der Waals surface area contributed by atoms with E-state index >= 15 is 0 Å². The lowest BCUT2D eigenvalue weighted by Crippen LogP contribution is -2.20. The summed E-state index contributed by atoms with van der Waals surface area (Å²) in [5.41, 5.74) is 0.401. The monoisotopic (exact) mass is 371 g/mol. The minimum Gasteiger partial charge on any atom is -0.481 e. The Labute approximate surface area is 127 Å². The highest BCUT2D eigenvalue weighted by Crippen LogP contribution is 2.31. The maximum absolute atomic E-state index is 12.4. The highest BCUT2D eigenvalue weighted by molar-refractivity contribution is 9.08. The van der Waals surface area contributed by atoms with Gasteiger partial charge in [0.2, 0.25) is 11.8 Å². The first-order valence-electron chi connectivity index (χ1n) is 5.84. The molecular weight excluding hydrogens is 359 g/mol. The van der Waals surface area contributed by atoms with Crippen LogP contribution in [0.1, 0.15) is 18.1 Å². The Hall–Kier alpha value is -1.51. The Morgan fingerprint density at radius 1 is 1.43 bits per heavy atom. The van der Waals surface area contributed by atoms with Gasteiger partial charge in [-0.15, -0.1) is 13.2 Å². The second-order valence-electron chi connectivity index (χ2n) is 3.77. The fourth-order valence-corrected chi connectivity index (χ4v) is 2.14. The van der Waals surface area contributed by atoms with Gasteiger partial charge in [0.1, 0.15) is 0 Å². The van der Waals surface area contributed by atoms with E-state index in [0.717, 1.165) is 0 Å². The number of pyridine rings is 1. The van der Waals surface area contributed by atoms with E-state index in [9.17, 15) is 18.0 Å². The molecule has 118 valence electrons. The normalized spacial score (nSPS) is 11.1. The zero-order valence-corrected chi connectivity index (χ0v) is 12.9. The quantitative estimate of drug-likeness (QED) is 0.568. The number of ether oxygens (including phenoxy) is 3. The molecule has 1 rings (SSSR count). The van der Waals surface area contributed by atoms with E-state index < -0.39 is 18.2 Å². The van der Waals surface area contributed by atoms with Gasteiger partial charge >= 0.3 is 12.3 Å². The number of aromatic nitrogens is 1. The molecule has 1 aromatic heterocycles. The van der Waals surface area contributed by atoms with Crippen LogP contribution in [0.4, 0.5) is 13.2 Å². The van der Waals surface area contributed by atoms with E-state index in [1.165, 1.54) is 13.2 Å². The molecular formula is C12H13BrF3NO4. The SMILES string of the molecule is CCOC(=O)Cc1cc(OC)nc(OC(F)(F)F)c1CBr. The predicted molar refractivity (Wildman–Crippen MR) is 70.4 cm³/mol. The zero-order chi connectivity index (χ0) is 16.0. The van der Waals surface area contributed by atoms with Gasteiger partial charge in [0.25, 0.3) is 0 Å². The van der Waals surface area contributed by atoms with Crippen molar-refractivity contribution in [1.29, 1.82) is 0 Å². The number of carbonyl (C=O) groups excluding carboxylic acids is 1. The molecule has 0 atom stereocenters. The third kappa shape index (κ3) is 5.41. The van der Waals surface area contributed by atoms with Crippen LogP contribution < -0.4 is 9.47 Å². The molecule has 0 saturated heterocycles. The largest absolute Gasteiger partial charge is 0.574 e. The topological polar surface area (TPSA) is 57.7 Å². The number of halogens is 4. The summed E-state index contributed by atoms with van der Waals surface area (Å²) in [6, 6.07) is 1.37. The van der Waals surface area contributed by atoms with Crippen molar-refractivity contribution in [1.82, 2.24) is 4.98 Å². The number of nitrogens with zero attached hydrogens (tertiary/aromatic N) is 1. The van der Waals surface area contributed by atoms with Crippen molar-refractivity contribution in [2.45, 2.75) is 25.0 Å². The molecule has 0 radical (unpaired) electrons. The Morgan fingerprint density at radius 2 is 2.10 bits per heavy atom. The van der Waals surface area contributed by atoms with Crippen LogP contribution >= 0.6 is 15.9 Å². The number of hydrogen-bond donors (Lipinski definition) is 0. The van der Waals surface area contributed by atoms with Crippen LogP contribution in [0, 0.1) is 0 Å². The number of alkyl halides is 4. The maximum Gasteiger partial charge on any atom is 0.574 e. The Morgan fingerprint density at radius 3 is 2.57 bits per heavy atom. The van der Waals surface area contributed by atoms with Gasteiger partial charge in [-0.1, -0.05) is 15.9 Å². The van der Waals surface area contributed by atoms with Gasteiger partial charge in [-0.2, -0.15) is 4.98 Å². The molecule has 0 amide bonds. The van der Waals surface area contributed by atoms with Crippen molar-refractivity contribution >= 4 is 21.9 Å². The predicted octanol–water partition coefficient (Wildman–Crippen LogP) is 2.99. The van der Waals surface area contributed by atoms with Crippen LogP contribution in [0.2, 0.25) is 0 Å². The lowest BCUT2D eigenvalue weighted by molar-refractivity contribution is -0.276. The summed E-state index contributed by atoms with van der Waals surface area (Å²) in [4.78, 5) is 15.1. The van der Waals surface area contributed by atoms with Crippen molar-refractivity contribution in [2.75, 3.05) is 13.7 Å². The van der Waals surface area contributed by atoms with Gasteiger partial charge in [0, 0.05) is 17.0 Å². The molecule has 1 aromatic rings. The summed E-state index contributed by atoms with van der Waals surface area (Å²) in [5.74, 6) is -1.30. The van der Waals surface area contributed by atoms with Crippen molar-refractivity contribution in [3.8, 4) is 11.8 Å². The molecule has 0 fully saturated rings. The average Bonchev–Trinajstić information content (AvgIpc) is 2.36. The summed E-state index contributed by atoms with van der Waals surface area (Å²) >= 11 is 3.06. The summed E-state index contributed by atoms with van der Waals surface area (Å²) in [6.07, 6.45) is -5.10. The molecule has 0 N–H and O–H groups in total. The number of carbonyl (C=O) groups is 1. The number of hydrogen-bond acceptors (Lipinski definition) is 5. The Balaban J connectivity index is 3.21. The molecule has 5 nitrogen and oxygen atoms in total. The van der Waals surface area contributed by atoms with Crippen LogP contribution in [0.3, 0.4) is 0 Å². The van der Waals surface area contributed by atoms with Crippen LogP contribution in [0.15, 0.2) is 6.07 Å². The standard InChI is InChI=1S/C12H13BrF3NO4/c1-3-20-10(18)5-7-4-9(19-2)17-11(8(7)6-13)21-12(14,15)16/h4H,3,5-6H2,1-2H3. The second kappa shape index (κ2) is 7.48. The molecule has 0 spiro atoms. The first-order valence-corrected chi connectivity index (χ1v) is 6.97. The van der Waals surface area contributed by atoms with E-state index in [-0.39, 0.29) is 35.4 Å². The van der Waals surface area contributed by atoms with Crippen molar-refractivity contribution in [2.24, 2.45) is 0 Å². The van der Waals surface area contributed by atoms with Crippen molar-refractivity contribution in [3.05, 3.63) is 17.2 Å². The molecule has 0 saturated carbocycles. The van der Waals surface area contributed by atoms with E-state index in [1.807, 2.05) is 0 Å². The molecule has 9 heteroatoms. The van der Waals surface area contributed by atoms with Crippen LogP contribution in [-0.2, 0) is 21.3 Å². The van der Waals surface area contributed by atoms with Gasteiger partial charge in [-0.05, 0) is 12.5 Å². The van der Waals surface area contributed by atoms with Crippen LogP contribution in [0.25, 0.3) is 0 Å². The first kappa shape index (κ1) is 17.5. The van der Waals surface area contributed by atoms with Gasteiger partial charge in [-0.3, -0.25) is 4.79 Å². The Bertz CT molecular complexity index is 508. The fourth-order valence-electron chi connectivity index (χ4n) is 1.54. The second-order valence-corrected chi connectivity index (χ2v) is 4.33. The zero-order valence-electron chi connectivity index (χ0n) is 11.3. The van der Waals surface area contributed by atoms with E-state index in [0.29, 0.717) is 0 Å². The van der Waals surface area contributed by atoms with Crippen LogP contribution in [-0.4, -0.2) is 31.0 Å². The minimum atomic E-state index is -4.89. The molecule has 0 bridgehead atoms. The van der Waals surface area contributed by atoms with Gasteiger partial charge in [0.15, 0.2) is 0 Å². The smallest absolute Gasteiger partial charge is 0.481 e. The van der Waals surface area contributed by atoms with Gasteiger partial charge in [-0.25, -0.2) is 0 Å². The summed E-state index contributed by atoms with van der Waals surface area (Å²) < 4.78 is 50.7. The molecule has 1 heterocycles. The fraction of sp³-hybridized carbons (Fsp3) is 0.500. The number of methoxy groups -OCH3 is 1. The molecule has 0 aliphatic heterocycles. The molecule has 0 unspecified atom stereocenters. The number of esters is 1. The number of rotatable bonds is 6. The lowest BCUT2D eigenvalue weighted by Gasteiger charge is -2.15. The van der Waals surface area contributed by atoms with E-state index in [4.69, 9.17) is 9.47 Å². The first-order chi connectivity index (χ1) is 9.80.